The van der Waals surface area contributed by atoms with Gasteiger partial charge in [0.25, 0.3) is 0 Å². The molecule has 2 N–H and O–H groups in total. The summed E-state index contributed by atoms with van der Waals surface area (Å²) in [5.74, 6) is 3.31. The van der Waals surface area contributed by atoms with Gasteiger partial charge >= 0.3 is 0 Å². The minimum Gasteiger partial charge on any atom is -0.490 e. The van der Waals surface area contributed by atoms with Gasteiger partial charge in [-0.05, 0) is 57.0 Å². The molecule has 3 rings (SSSR count). The van der Waals surface area contributed by atoms with E-state index in [1.807, 2.05) is 45.2 Å². The Morgan fingerprint density at radius 3 is 2.47 bits per heavy atom. The van der Waals surface area contributed by atoms with Crippen LogP contribution < -0.4 is 20.1 Å². The predicted octanol–water partition coefficient (Wildman–Crippen LogP) is 4.29. The van der Waals surface area contributed by atoms with Gasteiger partial charge in [-0.15, -0.1) is 24.0 Å². The molecular formula is C24H34IN5O2. The van der Waals surface area contributed by atoms with Crippen molar-refractivity contribution in [1.82, 2.24) is 20.2 Å². The molecule has 0 amide bonds. The summed E-state index contributed by atoms with van der Waals surface area (Å²) in [6.07, 6.45) is 0.850. The average molecular weight is 551 g/mol. The molecule has 0 aliphatic heterocycles. The fraction of sp³-hybridized carbons (Fsp3) is 0.417. The Morgan fingerprint density at radius 1 is 1.00 bits per heavy atom. The van der Waals surface area contributed by atoms with Crippen LogP contribution in [0.4, 0.5) is 0 Å². The predicted molar refractivity (Wildman–Crippen MR) is 141 cm³/mol. The lowest BCUT2D eigenvalue weighted by Gasteiger charge is -2.14. The Kier molecular flexibility index (Phi) is 10.6. The van der Waals surface area contributed by atoms with Gasteiger partial charge < -0.3 is 24.7 Å². The minimum absolute atomic E-state index is 0. The number of aromatic nitrogens is 2. The van der Waals surface area contributed by atoms with E-state index >= 15 is 0 Å². The number of aryl methyl sites for hydroxylation is 1. The first-order chi connectivity index (χ1) is 15.2. The van der Waals surface area contributed by atoms with E-state index in [0.29, 0.717) is 19.8 Å². The zero-order valence-electron chi connectivity index (χ0n) is 19.4. The van der Waals surface area contributed by atoms with Gasteiger partial charge in [0.05, 0.1) is 24.2 Å². The standard InChI is InChI=1S/C24H33N5O2.HI/c1-5-25-24(27-17-23-28-19-10-8-9-11-20(19)29(23)4)26-15-14-18-12-13-21(30-6-2)22(16-18)31-7-3;/h8-13,16H,5-7,14-15,17H2,1-4H3,(H2,25,26,27);1H. The van der Waals surface area contributed by atoms with E-state index in [0.717, 1.165) is 53.8 Å². The van der Waals surface area contributed by atoms with Crippen LogP contribution in [0.15, 0.2) is 47.5 Å². The summed E-state index contributed by atoms with van der Waals surface area (Å²) in [6.45, 7) is 9.32. The molecule has 7 nitrogen and oxygen atoms in total. The molecule has 0 saturated heterocycles. The zero-order valence-corrected chi connectivity index (χ0v) is 21.7. The van der Waals surface area contributed by atoms with Crippen molar-refractivity contribution in [3.05, 3.63) is 53.9 Å². The summed E-state index contributed by atoms with van der Waals surface area (Å²) in [5.41, 5.74) is 3.30. The molecule has 0 atom stereocenters. The van der Waals surface area contributed by atoms with E-state index < -0.39 is 0 Å². The molecule has 3 aromatic rings. The first kappa shape index (κ1) is 25.8. The van der Waals surface area contributed by atoms with Crippen molar-refractivity contribution in [3.8, 4) is 11.5 Å². The lowest BCUT2D eigenvalue weighted by Crippen LogP contribution is -2.38. The maximum absolute atomic E-state index is 5.73. The number of imidazole rings is 1. The van der Waals surface area contributed by atoms with E-state index in [1.165, 1.54) is 5.56 Å². The summed E-state index contributed by atoms with van der Waals surface area (Å²) < 4.78 is 13.5. The molecule has 0 unspecified atom stereocenters. The Labute approximate surface area is 207 Å². The fourth-order valence-corrected chi connectivity index (χ4v) is 3.40. The van der Waals surface area contributed by atoms with Gasteiger partial charge in [-0.25, -0.2) is 9.98 Å². The number of benzene rings is 2. The number of hydrogen-bond donors (Lipinski definition) is 2. The molecule has 0 spiro atoms. The van der Waals surface area contributed by atoms with Gasteiger partial charge in [-0.3, -0.25) is 0 Å². The second-order valence-corrected chi connectivity index (χ2v) is 7.09. The van der Waals surface area contributed by atoms with Crippen molar-refractivity contribution in [2.75, 3.05) is 26.3 Å². The van der Waals surface area contributed by atoms with E-state index in [1.54, 1.807) is 0 Å². The number of ether oxygens (including phenoxy) is 2. The molecule has 2 aromatic carbocycles. The van der Waals surface area contributed by atoms with Crippen molar-refractivity contribution in [3.63, 3.8) is 0 Å². The van der Waals surface area contributed by atoms with Gasteiger partial charge in [0.15, 0.2) is 17.5 Å². The Morgan fingerprint density at radius 2 is 1.75 bits per heavy atom. The van der Waals surface area contributed by atoms with Crippen LogP contribution >= 0.6 is 24.0 Å². The van der Waals surface area contributed by atoms with Crippen molar-refractivity contribution in [2.45, 2.75) is 33.7 Å². The molecule has 0 aliphatic rings. The van der Waals surface area contributed by atoms with Crippen LogP contribution in [-0.2, 0) is 20.0 Å². The van der Waals surface area contributed by atoms with E-state index in [4.69, 9.17) is 19.5 Å². The van der Waals surface area contributed by atoms with Crippen LogP contribution in [0, 0.1) is 0 Å². The quantitative estimate of drug-likeness (QED) is 0.224. The van der Waals surface area contributed by atoms with Crippen molar-refractivity contribution >= 4 is 41.0 Å². The number of rotatable bonds is 10. The van der Waals surface area contributed by atoms with Gasteiger partial charge in [0, 0.05) is 20.1 Å². The summed E-state index contributed by atoms with van der Waals surface area (Å²) in [7, 11) is 2.03. The lowest BCUT2D eigenvalue weighted by molar-refractivity contribution is 0.287. The number of aliphatic imine (C=N–C) groups is 1. The highest BCUT2D eigenvalue weighted by molar-refractivity contribution is 14.0. The smallest absolute Gasteiger partial charge is 0.191 e. The van der Waals surface area contributed by atoms with Crippen LogP contribution in [0.1, 0.15) is 32.2 Å². The van der Waals surface area contributed by atoms with Gasteiger partial charge in [0.1, 0.15) is 12.4 Å². The highest BCUT2D eigenvalue weighted by Crippen LogP contribution is 2.28. The first-order valence-corrected chi connectivity index (χ1v) is 11.0. The van der Waals surface area contributed by atoms with Crippen LogP contribution in [0.3, 0.4) is 0 Å². The molecule has 1 aromatic heterocycles. The van der Waals surface area contributed by atoms with Crippen LogP contribution in [-0.4, -0.2) is 41.8 Å². The summed E-state index contributed by atoms with van der Waals surface area (Å²) in [6, 6.07) is 14.3. The Bertz CT molecular complexity index is 1020. The van der Waals surface area contributed by atoms with Gasteiger partial charge in [0.2, 0.25) is 0 Å². The zero-order chi connectivity index (χ0) is 22.1. The van der Waals surface area contributed by atoms with Crippen molar-refractivity contribution in [1.29, 1.82) is 0 Å². The maximum atomic E-state index is 5.73. The minimum atomic E-state index is 0. The van der Waals surface area contributed by atoms with Crippen molar-refractivity contribution < 1.29 is 9.47 Å². The molecule has 0 aliphatic carbocycles. The van der Waals surface area contributed by atoms with Crippen LogP contribution in [0.25, 0.3) is 11.0 Å². The van der Waals surface area contributed by atoms with Crippen molar-refractivity contribution in [2.24, 2.45) is 12.0 Å². The number of fused-ring (bicyclic) bond motifs is 1. The number of nitrogens with zero attached hydrogens (tertiary/aromatic N) is 3. The average Bonchev–Trinajstić information content (AvgIpc) is 3.10. The van der Waals surface area contributed by atoms with Gasteiger partial charge in [-0.1, -0.05) is 18.2 Å². The number of nitrogens with one attached hydrogen (secondary N) is 2. The molecule has 0 radical (unpaired) electrons. The third kappa shape index (κ3) is 6.75. The summed E-state index contributed by atoms with van der Waals surface area (Å²) in [5, 5.41) is 6.72. The lowest BCUT2D eigenvalue weighted by atomic mass is 10.1. The normalized spacial score (nSPS) is 11.2. The molecule has 1 heterocycles. The monoisotopic (exact) mass is 551 g/mol. The van der Waals surface area contributed by atoms with Gasteiger partial charge in [-0.2, -0.15) is 0 Å². The maximum Gasteiger partial charge on any atom is 0.191 e. The number of hydrogen-bond acceptors (Lipinski definition) is 4. The second-order valence-electron chi connectivity index (χ2n) is 7.09. The summed E-state index contributed by atoms with van der Waals surface area (Å²) >= 11 is 0. The van der Waals surface area contributed by atoms with E-state index in [-0.39, 0.29) is 24.0 Å². The number of para-hydroxylation sites is 2. The highest BCUT2D eigenvalue weighted by Gasteiger charge is 2.08. The number of guanidine groups is 1. The third-order valence-electron chi connectivity index (χ3n) is 4.92. The Hall–Kier alpha value is -2.49. The second kappa shape index (κ2) is 13.1. The van der Waals surface area contributed by atoms with Crippen LogP contribution in [0.2, 0.25) is 0 Å². The first-order valence-electron chi connectivity index (χ1n) is 11.0. The van der Waals surface area contributed by atoms with E-state index in [9.17, 15) is 0 Å². The molecule has 8 heteroatoms. The molecule has 0 bridgehead atoms. The highest BCUT2D eigenvalue weighted by atomic mass is 127. The summed E-state index contributed by atoms with van der Waals surface area (Å²) in [4.78, 5) is 9.42. The van der Waals surface area contributed by atoms with E-state index in [2.05, 4.69) is 40.3 Å². The topological polar surface area (TPSA) is 72.7 Å². The third-order valence-corrected chi connectivity index (χ3v) is 4.92. The molecule has 174 valence electrons. The SMILES string of the molecule is CCNC(=NCc1nc2ccccc2n1C)NCCc1ccc(OCC)c(OCC)c1.I. The number of halogens is 1. The molecule has 32 heavy (non-hydrogen) atoms. The fourth-order valence-electron chi connectivity index (χ4n) is 3.40. The Balaban J connectivity index is 0.00000363. The largest absolute Gasteiger partial charge is 0.490 e. The van der Waals surface area contributed by atoms with Crippen LogP contribution in [0.5, 0.6) is 11.5 Å². The molecule has 0 saturated carbocycles. The molecule has 0 fully saturated rings. The molecular weight excluding hydrogens is 517 g/mol.